The first-order chi connectivity index (χ1) is 4.98. The first-order valence-corrected chi connectivity index (χ1v) is 5.11. The Bertz CT molecular complexity index is 130. The molecule has 0 aliphatic carbocycles. The number of halogens is 1. The Morgan fingerprint density at radius 2 is 2.18 bits per heavy atom. The Balaban J connectivity index is 3.70. The standard InChI is InChI=1S/C9H17IO/c1-4-5-6-9(3,11)7-8(2)10/h11H,2,4-7H2,1,3H3. The van der Waals surface area contributed by atoms with Gasteiger partial charge in [0.2, 0.25) is 0 Å². The van der Waals surface area contributed by atoms with Gasteiger partial charge >= 0.3 is 0 Å². The largest absolute Gasteiger partial charge is 0.390 e. The molecule has 0 rings (SSSR count). The maximum absolute atomic E-state index is 9.75. The van der Waals surface area contributed by atoms with Gasteiger partial charge < -0.3 is 5.11 Å². The Hall–Kier alpha value is 0.430. The van der Waals surface area contributed by atoms with E-state index in [0.717, 1.165) is 22.8 Å². The van der Waals surface area contributed by atoms with Crippen molar-refractivity contribution in [2.75, 3.05) is 0 Å². The fraction of sp³-hybridized carbons (Fsp3) is 0.778. The minimum Gasteiger partial charge on any atom is -0.390 e. The third-order valence-corrected chi connectivity index (χ3v) is 2.02. The maximum atomic E-state index is 9.75. The summed E-state index contributed by atoms with van der Waals surface area (Å²) in [5.41, 5.74) is -0.533. The molecule has 0 aliphatic heterocycles. The molecule has 1 atom stereocenters. The van der Waals surface area contributed by atoms with E-state index in [-0.39, 0.29) is 0 Å². The Morgan fingerprint density at radius 3 is 2.55 bits per heavy atom. The van der Waals surface area contributed by atoms with Crippen LogP contribution < -0.4 is 0 Å². The molecule has 11 heavy (non-hydrogen) atoms. The number of rotatable bonds is 5. The van der Waals surface area contributed by atoms with E-state index in [2.05, 4.69) is 36.1 Å². The molecule has 1 nitrogen and oxygen atoms in total. The molecule has 0 radical (unpaired) electrons. The third kappa shape index (κ3) is 6.81. The summed E-state index contributed by atoms with van der Waals surface area (Å²) in [6, 6.07) is 0. The summed E-state index contributed by atoms with van der Waals surface area (Å²) in [4.78, 5) is 0. The Labute approximate surface area is 83.0 Å². The summed E-state index contributed by atoms with van der Waals surface area (Å²) in [6.07, 6.45) is 3.83. The third-order valence-electron chi connectivity index (χ3n) is 1.64. The quantitative estimate of drug-likeness (QED) is 0.759. The summed E-state index contributed by atoms with van der Waals surface area (Å²) >= 11 is 2.16. The number of hydrogen-bond donors (Lipinski definition) is 1. The molecule has 0 saturated carbocycles. The van der Waals surface area contributed by atoms with Gasteiger partial charge in [0.05, 0.1) is 5.60 Å². The smallest absolute Gasteiger partial charge is 0.0664 e. The van der Waals surface area contributed by atoms with E-state index in [1.54, 1.807) is 0 Å². The fourth-order valence-electron chi connectivity index (χ4n) is 1.06. The molecular weight excluding hydrogens is 251 g/mol. The lowest BCUT2D eigenvalue weighted by Crippen LogP contribution is -2.23. The van der Waals surface area contributed by atoms with E-state index in [9.17, 15) is 5.11 Å². The highest BCUT2D eigenvalue weighted by Gasteiger charge is 2.19. The molecule has 1 N–H and O–H groups in total. The molecular formula is C9H17IO. The van der Waals surface area contributed by atoms with Gasteiger partial charge in [-0.2, -0.15) is 0 Å². The average molecular weight is 268 g/mol. The predicted octanol–water partition coefficient (Wildman–Crippen LogP) is 3.27. The van der Waals surface area contributed by atoms with Crippen LogP contribution in [0.1, 0.15) is 39.5 Å². The van der Waals surface area contributed by atoms with E-state index >= 15 is 0 Å². The van der Waals surface area contributed by atoms with E-state index < -0.39 is 5.60 Å². The number of aliphatic hydroxyl groups is 1. The van der Waals surface area contributed by atoms with E-state index in [4.69, 9.17) is 0 Å². The van der Waals surface area contributed by atoms with Crippen LogP contribution in [0, 0.1) is 0 Å². The molecule has 66 valence electrons. The van der Waals surface area contributed by atoms with Gasteiger partial charge in [-0.05, 0) is 39.5 Å². The van der Waals surface area contributed by atoms with Crippen LogP contribution in [0.15, 0.2) is 10.2 Å². The van der Waals surface area contributed by atoms with Gasteiger partial charge in [0.1, 0.15) is 0 Å². The van der Waals surface area contributed by atoms with Crippen molar-refractivity contribution in [3.8, 4) is 0 Å². The second-order valence-electron chi connectivity index (χ2n) is 3.29. The van der Waals surface area contributed by atoms with Crippen molar-refractivity contribution in [1.82, 2.24) is 0 Å². The molecule has 0 saturated heterocycles. The molecule has 0 fully saturated rings. The second-order valence-corrected chi connectivity index (χ2v) is 4.82. The van der Waals surface area contributed by atoms with Crippen LogP contribution >= 0.6 is 22.6 Å². The second kappa shape index (κ2) is 5.14. The fourth-order valence-corrected chi connectivity index (χ4v) is 1.88. The van der Waals surface area contributed by atoms with Gasteiger partial charge in [0, 0.05) is 6.42 Å². The zero-order valence-electron chi connectivity index (χ0n) is 7.36. The average Bonchev–Trinajstić information content (AvgIpc) is 1.81. The topological polar surface area (TPSA) is 20.2 Å². The molecule has 1 unspecified atom stereocenters. The lowest BCUT2D eigenvalue weighted by molar-refractivity contribution is 0.0514. The van der Waals surface area contributed by atoms with E-state index in [1.165, 1.54) is 0 Å². The highest BCUT2D eigenvalue weighted by Crippen LogP contribution is 2.24. The van der Waals surface area contributed by atoms with Crippen molar-refractivity contribution in [3.63, 3.8) is 0 Å². The van der Waals surface area contributed by atoms with Crippen LogP contribution in [0.5, 0.6) is 0 Å². The van der Waals surface area contributed by atoms with Gasteiger partial charge in [-0.25, -0.2) is 0 Å². The van der Waals surface area contributed by atoms with Crippen molar-refractivity contribution >= 4 is 22.6 Å². The number of unbranched alkanes of at least 4 members (excludes halogenated alkanes) is 1. The van der Waals surface area contributed by atoms with Gasteiger partial charge in [0.25, 0.3) is 0 Å². The first kappa shape index (κ1) is 11.4. The van der Waals surface area contributed by atoms with E-state index in [1.807, 2.05) is 6.92 Å². The van der Waals surface area contributed by atoms with Gasteiger partial charge in [0.15, 0.2) is 0 Å². The van der Waals surface area contributed by atoms with Crippen molar-refractivity contribution in [2.24, 2.45) is 0 Å². The summed E-state index contributed by atoms with van der Waals surface area (Å²) in [7, 11) is 0. The van der Waals surface area contributed by atoms with Crippen LogP contribution in [0.3, 0.4) is 0 Å². The Morgan fingerprint density at radius 1 is 1.64 bits per heavy atom. The van der Waals surface area contributed by atoms with Crippen LogP contribution in [0.4, 0.5) is 0 Å². The Kier molecular flexibility index (Phi) is 5.34. The molecule has 0 bridgehead atoms. The highest BCUT2D eigenvalue weighted by atomic mass is 127. The van der Waals surface area contributed by atoms with Crippen LogP contribution in [0.25, 0.3) is 0 Å². The lowest BCUT2D eigenvalue weighted by atomic mass is 9.96. The van der Waals surface area contributed by atoms with Gasteiger partial charge in [-0.3, -0.25) is 0 Å². The van der Waals surface area contributed by atoms with Crippen molar-refractivity contribution in [1.29, 1.82) is 0 Å². The lowest BCUT2D eigenvalue weighted by Gasteiger charge is -2.22. The monoisotopic (exact) mass is 268 g/mol. The molecule has 0 aromatic rings. The maximum Gasteiger partial charge on any atom is 0.0664 e. The van der Waals surface area contributed by atoms with Gasteiger partial charge in [-0.15, -0.1) is 0 Å². The molecule has 0 amide bonds. The zero-order chi connectivity index (χ0) is 8.91. The normalized spacial score (nSPS) is 16.0. The van der Waals surface area contributed by atoms with E-state index in [0.29, 0.717) is 6.42 Å². The minimum atomic E-state index is -0.533. The summed E-state index contributed by atoms with van der Waals surface area (Å²) in [5, 5.41) is 9.75. The highest BCUT2D eigenvalue weighted by molar-refractivity contribution is 14.1. The SMILES string of the molecule is C=C(I)CC(C)(O)CCCC. The van der Waals surface area contributed by atoms with Gasteiger partial charge in [-0.1, -0.05) is 26.3 Å². The van der Waals surface area contributed by atoms with Crippen LogP contribution in [-0.2, 0) is 0 Å². The summed E-state index contributed by atoms with van der Waals surface area (Å²) in [5.74, 6) is 0. The molecule has 2 heteroatoms. The minimum absolute atomic E-state index is 0.533. The van der Waals surface area contributed by atoms with Crippen LogP contribution in [-0.4, -0.2) is 10.7 Å². The predicted molar refractivity (Wildman–Crippen MR) is 57.9 cm³/mol. The number of hydrogen-bond acceptors (Lipinski definition) is 1. The van der Waals surface area contributed by atoms with Crippen LogP contribution in [0.2, 0.25) is 0 Å². The molecule has 0 aliphatic rings. The van der Waals surface area contributed by atoms with Crippen molar-refractivity contribution < 1.29 is 5.11 Å². The molecule has 0 spiro atoms. The summed E-state index contributed by atoms with van der Waals surface area (Å²) in [6.45, 7) is 7.79. The molecule has 0 aromatic heterocycles. The zero-order valence-corrected chi connectivity index (χ0v) is 9.52. The molecule has 0 aromatic carbocycles. The summed E-state index contributed by atoms with van der Waals surface area (Å²) < 4.78 is 1.03. The van der Waals surface area contributed by atoms with Crippen molar-refractivity contribution in [2.45, 2.75) is 45.1 Å². The van der Waals surface area contributed by atoms with Crippen molar-refractivity contribution in [3.05, 3.63) is 10.2 Å². The molecule has 0 heterocycles. The first-order valence-electron chi connectivity index (χ1n) is 4.03.